The van der Waals surface area contributed by atoms with Gasteiger partial charge in [0.05, 0.1) is 10.6 Å². The summed E-state index contributed by atoms with van der Waals surface area (Å²) in [5, 5.41) is 13.9. The molecule has 1 aromatic carbocycles. The Morgan fingerprint density at radius 3 is 2.87 bits per heavy atom. The highest BCUT2D eigenvalue weighted by Crippen LogP contribution is 2.25. The lowest BCUT2D eigenvalue weighted by atomic mass is 10.2. The molecule has 5 nitrogen and oxygen atoms in total. The van der Waals surface area contributed by atoms with Crippen LogP contribution in [0.15, 0.2) is 40.7 Å². The summed E-state index contributed by atoms with van der Waals surface area (Å²) in [5.74, 6) is -0.378. The van der Waals surface area contributed by atoms with Gasteiger partial charge in [0.1, 0.15) is 0 Å². The van der Waals surface area contributed by atoms with Crippen molar-refractivity contribution in [3.63, 3.8) is 0 Å². The van der Waals surface area contributed by atoms with Crippen LogP contribution in [-0.4, -0.2) is 22.3 Å². The van der Waals surface area contributed by atoms with Gasteiger partial charge in [0.15, 0.2) is 0 Å². The highest BCUT2D eigenvalue weighted by Gasteiger charge is 2.13. The summed E-state index contributed by atoms with van der Waals surface area (Å²) >= 11 is 14.6. The van der Waals surface area contributed by atoms with Crippen LogP contribution in [-0.2, 0) is 0 Å². The molecule has 3 aromatic rings. The van der Waals surface area contributed by atoms with Gasteiger partial charge in [-0.1, -0.05) is 40.6 Å². The van der Waals surface area contributed by atoms with Gasteiger partial charge in [-0.3, -0.25) is 10.1 Å². The number of aromatic nitrogens is 2. The summed E-state index contributed by atoms with van der Waals surface area (Å²) in [6, 6.07) is 8.54. The van der Waals surface area contributed by atoms with E-state index in [2.05, 4.69) is 20.5 Å². The third-order valence-electron chi connectivity index (χ3n) is 2.66. The first kappa shape index (κ1) is 16.1. The Kier molecular flexibility index (Phi) is 5.02. The minimum atomic E-state index is -0.378. The van der Waals surface area contributed by atoms with Crippen molar-refractivity contribution in [1.82, 2.24) is 10.2 Å². The summed E-state index contributed by atoms with van der Waals surface area (Å²) in [5.41, 5.74) is 0.315. The number of benzene rings is 1. The Hall–Kier alpha value is -1.80. The van der Waals surface area contributed by atoms with Crippen molar-refractivity contribution in [2.24, 2.45) is 4.99 Å². The first-order chi connectivity index (χ1) is 11.1. The largest absolute Gasteiger partial charge is 0.296 e. The Bertz CT molecular complexity index is 862. The fraction of sp³-hybridized carbons (Fsp3) is 0. The molecule has 0 aliphatic carbocycles. The summed E-state index contributed by atoms with van der Waals surface area (Å²) < 4.78 is 0. The number of carbonyl (C=O) groups is 1. The van der Waals surface area contributed by atoms with Crippen molar-refractivity contribution < 1.29 is 4.79 Å². The number of rotatable bonds is 4. The quantitative estimate of drug-likeness (QED) is 0.651. The number of thiophene rings is 1. The van der Waals surface area contributed by atoms with Gasteiger partial charge in [-0.05, 0) is 29.6 Å². The number of anilines is 1. The number of hydrogen-bond donors (Lipinski definition) is 1. The van der Waals surface area contributed by atoms with Crippen LogP contribution in [0.2, 0.25) is 10.0 Å². The molecule has 3 rings (SSSR count). The highest BCUT2D eigenvalue weighted by molar-refractivity contribution is 7.19. The van der Waals surface area contributed by atoms with Crippen molar-refractivity contribution in [3.8, 4) is 0 Å². The molecule has 0 spiro atoms. The second kappa shape index (κ2) is 7.18. The van der Waals surface area contributed by atoms with Crippen molar-refractivity contribution in [1.29, 1.82) is 0 Å². The predicted octanol–water partition coefficient (Wildman–Crippen LogP) is 4.91. The summed E-state index contributed by atoms with van der Waals surface area (Å²) in [4.78, 5) is 17.4. The lowest BCUT2D eigenvalue weighted by Crippen LogP contribution is -2.12. The molecule has 0 saturated heterocycles. The highest BCUT2D eigenvalue weighted by atomic mass is 35.5. The predicted molar refractivity (Wildman–Crippen MR) is 95.9 cm³/mol. The van der Waals surface area contributed by atoms with Gasteiger partial charge in [0.2, 0.25) is 10.3 Å². The van der Waals surface area contributed by atoms with E-state index in [1.54, 1.807) is 29.7 Å². The van der Waals surface area contributed by atoms with Crippen molar-refractivity contribution in [3.05, 3.63) is 56.2 Å². The average Bonchev–Trinajstić information content (AvgIpc) is 3.16. The van der Waals surface area contributed by atoms with Crippen LogP contribution >= 0.6 is 45.9 Å². The molecule has 0 radical (unpaired) electrons. The molecule has 0 saturated carbocycles. The van der Waals surface area contributed by atoms with Crippen LogP contribution in [0.4, 0.5) is 10.3 Å². The van der Waals surface area contributed by atoms with Crippen LogP contribution in [0.1, 0.15) is 15.2 Å². The van der Waals surface area contributed by atoms with Crippen LogP contribution in [0.25, 0.3) is 0 Å². The maximum absolute atomic E-state index is 12.2. The molecule has 1 amide bonds. The lowest BCUT2D eigenvalue weighted by molar-refractivity contribution is 0.102. The Morgan fingerprint density at radius 2 is 2.13 bits per heavy atom. The monoisotopic (exact) mass is 382 g/mol. The van der Waals surface area contributed by atoms with Crippen LogP contribution in [0, 0.1) is 0 Å². The molecule has 0 atom stereocenters. The maximum atomic E-state index is 12.2. The number of nitrogens with one attached hydrogen (secondary N) is 1. The summed E-state index contributed by atoms with van der Waals surface area (Å²) in [6.45, 7) is 0. The number of carbonyl (C=O) groups excluding carboxylic acids is 1. The third-order valence-corrected chi connectivity index (χ3v) is 4.76. The zero-order chi connectivity index (χ0) is 16.2. The molecule has 0 bridgehead atoms. The smallest absolute Gasteiger partial charge is 0.259 e. The molecular formula is C14H8Cl2N4OS2. The molecule has 1 N–H and O–H groups in total. The summed E-state index contributed by atoms with van der Waals surface area (Å²) in [7, 11) is 0. The van der Waals surface area contributed by atoms with E-state index < -0.39 is 0 Å². The number of aliphatic imine (C=N–C) groups is 1. The molecular weight excluding hydrogens is 375 g/mol. The fourth-order valence-corrected chi connectivity index (χ4v) is 3.30. The van der Waals surface area contributed by atoms with E-state index in [0.717, 1.165) is 4.88 Å². The lowest BCUT2D eigenvalue weighted by Gasteiger charge is -2.03. The van der Waals surface area contributed by atoms with Gasteiger partial charge >= 0.3 is 0 Å². The van der Waals surface area contributed by atoms with E-state index in [1.165, 1.54) is 17.4 Å². The Labute approximate surface area is 149 Å². The SMILES string of the molecule is O=C(Nc1nnc(/N=C/c2cccs2)s1)c1ccc(Cl)cc1Cl. The summed E-state index contributed by atoms with van der Waals surface area (Å²) in [6.07, 6.45) is 1.70. The minimum Gasteiger partial charge on any atom is -0.296 e. The van der Waals surface area contributed by atoms with Gasteiger partial charge in [-0.2, -0.15) is 0 Å². The molecule has 0 fully saturated rings. The molecule has 2 aromatic heterocycles. The number of halogens is 2. The van der Waals surface area contributed by atoms with Crippen molar-refractivity contribution in [2.75, 3.05) is 5.32 Å². The van der Waals surface area contributed by atoms with E-state index in [9.17, 15) is 4.79 Å². The van der Waals surface area contributed by atoms with Gasteiger partial charge in [-0.15, -0.1) is 21.5 Å². The standard InChI is InChI=1S/C14H8Cl2N4OS2/c15-8-3-4-10(11(16)6-8)12(21)18-14-20-19-13(23-14)17-7-9-2-1-5-22-9/h1-7H,(H,18,20,21)/b17-7+. The Morgan fingerprint density at radius 1 is 1.26 bits per heavy atom. The van der Waals surface area contributed by atoms with Gasteiger partial charge in [0, 0.05) is 16.1 Å². The minimum absolute atomic E-state index is 0.274. The zero-order valence-electron chi connectivity index (χ0n) is 11.4. The van der Waals surface area contributed by atoms with Gasteiger partial charge in [-0.25, -0.2) is 4.99 Å². The van der Waals surface area contributed by atoms with Gasteiger partial charge in [0.25, 0.3) is 5.91 Å². The molecule has 2 heterocycles. The molecule has 0 aliphatic rings. The number of hydrogen-bond acceptors (Lipinski definition) is 6. The molecule has 116 valence electrons. The maximum Gasteiger partial charge on any atom is 0.259 e. The van der Waals surface area contributed by atoms with E-state index in [4.69, 9.17) is 23.2 Å². The second-order valence-corrected chi connectivity index (χ2v) is 7.02. The molecule has 23 heavy (non-hydrogen) atoms. The van der Waals surface area contributed by atoms with Crippen LogP contribution in [0.3, 0.4) is 0 Å². The Balaban J connectivity index is 1.70. The second-order valence-electron chi connectivity index (χ2n) is 4.24. The molecule has 0 aliphatic heterocycles. The first-order valence-electron chi connectivity index (χ1n) is 6.29. The van der Waals surface area contributed by atoms with Crippen LogP contribution in [0.5, 0.6) is 0 Å². The fourth-order valence-electron chi connectivity index (χ4n) is 1.64. The molecule has 0 unspecified atom stereocenters. The van der Waals surface area contributed by atoms with E-state index in [1.807, 2.05) is 17.5 Å². The third kappa shape index (κ3) is 4.14. The van der Waals surface area contributed by atoms with E-state index in [-0.39, 0.29) is 10.9 Å². The zero-order valence-corrected chi connectivity index (χ0v) is 14.5. The number of amides is 1. The topological polar surface area (TPSA) is 67.2 Å². The van der Waals surface area contributed by atoms with Crippen molar-refractivity contribution in [2.45, 2.75) is 0 Å². The first-order valence-corrected chi connectivity index (χ1v) is 8.74. The van der Waals surface area contributed by atoms with Crippen LogP contribution < -0.4 is 5.32 Å². The number of nitrogens with zero attached hydrogens (tertiary/aromatic N) is 3. The van der Waals surface area contributed by atoms with Crippen molar-refractivity contribution >= 4 is 68.3 Å². The van der Waals surface area contributed by atoms with Gasteiger partial charge < -0.3 is 0 Å². The van der Waals surface area contributed by atoms with E-state index >= 15 is 0 Å². The van der Waals surface area contributed by atoms with E-state index in [0.29, 0.717) is 20.8 Å². The average molecular weight is 383 g/mol. The molecule has 9 heteroatoms. The normalized spacial score (nSPS) is 11.0.